The molecule has 0 radical (unpaired) electrons. The summed E-state index contributed by atoms with van der Waals surface area (Å²) in [7, 11) is 0. The number of nitrogens with one attached hydrogen (secondary N) is 1. The number of hydrogen-bond acceptors (Lipinski definition) is 4. The zero-order chi connectivity index (χ0) is 12.4. The molecular formula is C14H19N3O. The molecule has 1 aromatic heterocycles. The van der Waals surface area contributed by atoms with Crippen molar-refractivity contribution in [2.24, 2.45) is 11.7 Å². The Hall–Kier alpha value is -1.55. The van der Waals surface area contributed by atoms with Crippen LogP contribution in [0.5, 0.6) is 0 Å². The fraction of sp³-hybridized carbons (Fsp3) is 0.500. The van der Waals surface area contributed by atoms with Gasteiger partial charge in [0, 0.05) is 6.04 Å². The zero-order valence-electron chi connectivity index (χ0n) is 10.4. The Labute approximate surface area is 107 Å². The van der Waals surface area contributed by atoms with Crippen LogP contribution in [0.1, 0.15) is 25.7 Å². The number of rotatable bonds is 3. The van der Waals surface area contributed by atoms with Crippen LogP contribution in [-0.2, 0) is 0 Å². The predicted molar refractivity (Wildman–Crippen MR) is 72.4 cm³/mol. The summed E-state index contributed by atoms with van der Waals surface area (Å²) in [5, 5.41) is 3.41. The number of benzene rings is 1. The number of oxazole rings is 1. The zero-order valence-corrected chi connectivity index (χ0v) is 10.4. The fourth-order valence-electron chi connectivity index (χ4n) is 2.77. The molecule has 0 saturated heterocycles. The van der Waals surface area contributed by atoms with Crippen molar-refractivity contribution >= 4 is 17.1 Å². The molecule has 0 spiro atoms. The van der Waals surface area contributed by atoms with E-state index in [0.29, 0.717) is 18.0 Å². The van der Waals surface area contributed by atoms with E-state index in [1.807, 2.05) is 24.3 Å². The molecule has 4 nitrogen and oxygen atoms in total. The molecule has 3 N–H and O–H groups in total. The summed E-state index contributed by atoms with van der Waals surface area (Å²) in [6.07, 6.45) is 4.90. The summed E-state index contributed by atoms with van der Waals surface area (Å²) >= 11 is 0. The average molecular weight is 245 g/mol. The monoisotopic (exact) mass is 245 g/mol. The Balaban J connectivity index is 1.78. The van der Waals surface area contributed by atoms with Gasteiger partial charge >= 0.3 is 0 Å². The van der Waals surface area contributed by atoms with Crippen molar-refractivity contribution in [2.75, 3.05) is 11.9 Å². The molecule has 96 valence electrons. The molecule has 2 atom stereocenters. The van der Waals surface area contributed by atoms with Gasteiger partial charge in [-0.15, -0.1) is 0 Å². The van der Waals surface area contributed by atoms with Crippen LogP contribution in [0.4, 0.5) is 6.01 Å². The molecule has 0 aliphatic heterocycles. The second-order valence-corrected chi connectivity index (χ2v) is 5.02. The van der Waals surface area contributed by atoms with E-state index in [4.69, 9.17) is 10.2 Å². The smallest absolute Gasteiger partial charge is 0.295 e. The number of fused-ring (bicyclic) bond motifs is 1. The number of nitrogens with two attached hydrogens (primary N) is 1. The van der Waals surface area contributed by atoms with E-state index in [2.05, 4.69) is 10.3 Å². The first kappa shape index (κ1) is 11.5. The third-order valence-electron chi connectivity index (χ3n) is 3.81. The van der Waals surface area contributed by atoms with Gasteiger partial charge in [0.2, 0.25) is 0 Å². The van der Waals surface area contributed by atoms with Crippen molar-refractivity contribution in [1.29, 1.82) is 0 Å². The van der Waals surface area contributed by atoms with Crippen LogP contribution in [-0.4, -0.2) is 17.6 Å². The van der Waals surface area contributed by atoms with Gasteiger partial charge in [0.15, 0.2) is 5.58 Å². The van der Waals surface area contributed by atoms with Crippen LogP contribution in [0, 0.1) is 5.92 Å². The number of nitrogens with zero attached hydrogens (tertiary/aromatic N) is 1. The lowest BCUT2D eigenvalue weighted by Gasteiger charge is -2.30. The third-order valence-corrected chi connectivity index (χ3v) is 3.81. The van der Waals surface area contributed by atoms with Crippen molar-refractivity contribution in [3.8, 4) is 0 Å². The van der Waals surface area contributed by atoms with E-state index in [9.17, 15) is 0 Å². The Morgan fingerprint density at radius 3 is 2.94 bits per heavy atom. The van der Waals surface area contributed by atoms with Gasteiger partial charge in [-0.2, -0.15) is 4.98 Å². The van der Waals surface area contributed by atoms with Crippen molar-refractivity contribution in [3.63, 3.8) is 0 Å². The molecule has 1 aliphatic carbocycles. The van der Waals surface area contributed by atoms with Crippen molar-refractivity contribution < 1.29 is 4.42 Å². The summed E-state index contributed by atoms with van der Waals surface area (Å²) in [6.45, 7) is 0.734. The topological polar surface area (TPSA) is 64.1 Å². The largest absolute Gasteiger partial charge is 0.424 e. The maximum absolute atomic E-state index is 5.83. The Kier molecular flexibility index (Phi) is 3.19. The predicted octanol–water partition coefficient (Wildman–Crippen LogP) is 2.76. The van der Waals surface area contributed by atoms with E-state index < -0.39 is 0 Å². The van der Waals surface area contributed by atoms with E-state index in [0.717, 1.165) is 24.1 Å². The molecular weight excluding hydrogens is 226 g/mol. The van der Waals surface area contributed by atoms with Gasteiger partial charge in [0.25, 0.3) is 6.01 Å². The van der Waals surface area contributed by atoms with Gasteiger partial charge in [-0.05, 0) is 37.4 Å². The molecule has 1 aliphatic rings. The van der Waals surface area contributed by atoms with Crippen LogP contribution < -0.4 is 11.1 Å². The first-order chi connectivity index (χ1) is 8.86. The highest BCUT2D eigenvalue weighted by atomic mass is 16.4. The van der Waals surface area contributed by atoms with E-state index in [-0.39, 0.29) is 0 Å². The van der Waals surface area contributed by atoms with Gasteiger partial charge in [-0.3, -0.25) is 0 Å². The van der Waals surface area contributed by atoms with Crippen LogP contribution in [0.3, 0.4) is 0 Å². The quantitative estimate of drug-likeness (QED) is 0.872. The summed E-state index contributed by atoms with van der Waals surface area (Å²) in [6, 6.07) is 8.86. The summed E-state index contributed by atoms with van der Waals surface area (Å²) in [4.78, 5) is 4.46. The van der Waals surface area contributed by atoms with E-state index in [1.165, 1.54) is 19.3 Å². The van der Waals surface area contributed by atoms with Crippen molar-refractivity contribution in [3.05, 3.63) is 24.3 Å². The molecule has 0 amide bonds. The molecule has 4 heteroatoms. The molecule has 1 fully saturated rings. The summed E-state index contributed by atoms with van der Waals surface area (Å²) < 4.78 is 5.70. The van der Waals surface area contributed by atoms with Gasteiger partial charge in [0.1, 0.15) is 5.52 Å². The minimum atomic E-state index is 0.400. The minimum Gasteiger partial charge on any atom is -0.424 e. The summed E-state index contributed by atoms with van der Waals surface area (Å²) in [5.41, 5.74) is 7.57. The fourth-order valence-corrected chi connectivity index (χ4v) is 2.77. The second kappa shape index (κ2) is 4.98. The number of para-hydroxylation sites is 2. The first-order valence-corrected chi connectivity index (χ1v) is 6.69. The highest BCUT2D eigenvalue weighted by molar-refractivity contribution is 5.74. The SMILES string of the molecule is NCC1CCCCC1Nc1nc2ccccc2o1. The van der Waals surface area contributed by atoms with Crippen LogP contribution in [0.15, 0.2) is 28.7 Å². The minimum absolute atomic E-state index is 0.400. The first-order valence-electron chi connectivity index (χ1n) is 6.69. The Bertz CT molecular complexity index is 489. The van der Waals surface area contributed by atoms with Gasteiger partial charge < -0.3 is 15.5 Å². The highest BCUT2D eigenvalue weighted by Gasteiger charge is 2.25. The highest BCUT2D eigenvalue weighted by Crippen LogP contribution is 2.27. The number of aromatic nitrogens is 1. The van der Waals surface area contributed by atoms with Crippen LogP contribution >= 0.6 is 0 Å². The standard InChI is InChI=1S/C14H19N3O/c15-9-10-5-1-2-6-11(10)16-14-17-12-7-3-4-8-13(12)18-14/h3-4,7-8,10-11H,1-2,5-6,9,15H2,(H,16,17). The van der Waals surface area contributed by atoms with Crippen LogP contribution in [0.25, 0.3) is 11.1 Å². The molecule has 18 heavy (non-hydrogen) atoms. The average Bonchev–Trinajstić information content (AvgIpc) is 2.81. The molecule has 3 rings (SSSR count). The van der Waals surface area contributed by atoms with Crippen molar-refractivity contribution in [2.45, 2.75) is 31.7 Å². The summed E-state index contributed by atoms with van der Waals surface area (Å²) in [5.74, 6) is 0.536. The molecule has 1 aromatic carbocycles. The molecule has 1 saturated carbocycles. The Morgan fingerprint density at radius 1 is 1.28 bits per heavy atom. The second-order valence-electron chi connectivity index (χ2n) is 5.02. The Morgan fingerprint density at radius 2 is 2.11 bits per heavy atom. The number of anilines is 1. The number of hydrogen-bond donors (Lipinski definition) is 2. The lowest BCUT2D eigenvalue weighted by atomic mass is 9.85. The van der Waals surface area contributed by atoms with Gasteiger partial charge in [-0.25, -0.2) is 0 Å². The van der Waals surface area contributed by atoms with E-state index >= 15 is 0 Å². The maximum atomic E-state index is 5.83. The maximum Gasteiger partial charge on any atom is 0.295 e. The normalized spacial score (nSPS) is 24.3. The van der Waals surface area contributed by atoms with Crippen LogP contribution in [0.2, 0.25) is 0 Å². The van der Waals surface area contributed by atoms with Crippen molar-refractivity contribution in [1.82, 2.24) is 4.98 Å². The molecule has 2 unspecified atom stereocenters. The molecule has 0 bridgehead atoms. The lowest BCUT2D eigenvalue weighted by Crippen LogP contribution is -2.36. The molecule has 2 aromatic rings. The van der Waals surface area contributed by atoms with Gasteiger partial charge in [-0.1, -0.05) is 25.0 Å². The van der Waals surface area contributed by atoms with Gasteiger partial charge in [0.05, 0.1) is 0 Å². The third kappa shape index (κ3) is 2.20. The lowest BCUT2D eigenvalue weighted by molar-refractivity contribution is 0.328. The molecule has 1 heterocycles. The van der Waals surface area contributed by atoms with E-state index in [1.54, 1.807) is 0 Å².